The van der Waals surface area contributed by atoms with Crippen LogP contribution in [0.2, 0.25) is 0 Å². The van der Waals surface area contributed by atoms with Gasteiger partial charge in [-0.3, -0.25) is 9.79 Å². The molecule has 0 fully saturated rings. The number of aliphatic imine (C=N–C) groups is 1. The number of nitrogens with zero attached hydrogens (tertiary/aromatic N) is 1. The third-order valence-corrected chi connectivity index (χ3v) is 5.03. The number of ether oxygens (including phenoxy) is 1. The number of carbonyl (C=O) groups is 1. The van der Waals surface area contributed by atoms with Crippen LogP contribution in [-0.2, 0) is 11.3 Å². The third-order valence-electron chi connectivity index (χ3n) is 4.53. The molecular weight excluding hydrogens is 535 g/mol. The number of hydrogen-bond donors (Lipinski definition) is 3. The Morgan fingerprint density at radius 1 is 1.29 bits per heavy atom. The number of hydrogen-bond acceptors (Lipinski definition) is 3. The fourth-order valence-electron chi connectivity index (χ4n) is 3.19. The van der Waals surface area contributed by atoms with Crippen LogP contribution in [0.25, 0.3) is 0 Å². The highest BCUT2D eigenvalue weighted by Crippen LogP contribution is 2.31. The molecule has 1 aliphatic heterocycles. The molecule has 1 heterocycles. The lowest BCUT2D eigenvalue weighted by Gasteiger charge is -2.26. The molecule has 0 saturated heterocycles. The Balaban J connectivity index is 0.00000280. The summed E-state index contributed by atoms with van der Waals surface area (Å²) in [7, 11) is 3.39. The lowest BCUT2D eigenvalue weighted by atomic mass is 9.90. The maximum absolute atomic E-state index is 12.0. The molecule has 2 aromatic carbocycles. The number of carbonyl (C=O) groups excluding carboxylic acids is 1. The molecule has 0 aromatic heterocycles. The van der Waals surface area contributed by atoms with Crippen LogP contribution < -0.4 is 20.7 Å². The maximum atomic E-state index is 12.0. The predicted octanol–water partition coefficient (Wildman–Crippen LogP) is 3.87. The lowest BCUT2D eigenvalue weighted by molar-refractivity contribution is -0.116. The van der Waals surface area contributed by atoms with E-state index >= 15 is 0 Å². The van der Waals surface area contributed by atoms with Gasteiger partial charge in [0.05, 0.1) is 7.11 Å². The number of para-hydroxylation sites is 1. The standard InChI is InChI=1S/C20H23BrN4O2.HI/c1-22-20(24-12-14-9-15(21)7-8-18(14)27-2)23-11-13-10-19(26)25-17-6-4-3-5-16(13)17;/h3-9,13H,10-12H2,1-2H3,(H,25,26)(H2,22,23,24);1H. The van der Waals surface area contributed by atoms with Crippen molar-refractivity contribution < 1.29 is 9.53 Å². The van der Waals surface area contributed by atoms with E-state index in [1.807, 2.05) is 36.4 Å². The minimum Gasteiger partial charge on any atom is -0.496 e. The summed E-state index contributed by atoms with van der Waals surface area (Å²) in [4.78, 5) is 16.2. The van der Waals surface area contributed by atoms with Crippen LogP contribution in [0.1, 0.15) is 23.5 Å². The Labute approximate surface area is 190 Å². The molecule has 6 nitrogen and oxygen atoms in total. The molecule has 0 spiro atoms. The van der Waals surface area contributed by atoms with E-state index in [0.717, 1.165) is 27.0 Å². The largest absolute Gasteiger partial charge is 0.496 e. The number of fused-ring (bicyclic) bond motifs is 1. The van der Waals surface area contributed by atoms with Gasteiger partial charge in [0.1, 0.15) is 5.75 Å². The number of benzene rings is 2. The Morgan fingerprint density at radius 3 is 2.82 bits per heavy atom. The quantitative estimate of drug-likeness (QED) is 0.296. The van der Waals surface area contributed by atoms with Crippen molar-refractivity contribution in [1.29, 1.82) is 0 Å². The van der Waals surface area contributed by atoms with Crippen molar-refractivity contribution in [3.05, 3.63) is 58.1 Å². The molecule has 28 heavy (non-hydrogen) atoms. The van der Waals surface area contributed by atoms with Crippen LogP contribution in [0.5, 0.6) is 5.75 Å². The first-order valence-electron chi connectivity index (χ1n) is 8.76. The van der Waals surface area contributed by atoms with Gasteiger partial charge < -0.3 is 20.7 Å². The summed E-state index contributed by atoms with van der Waals surface area (Å²) in [6.45, 7) is 1.20. The number of guanidine groups is 1. The van der Waals surface area contributed by atoms with Crippen molar-refractivity contribution in [2.24, 2.45) is 4.99 Å². The van der Waals surface area contributed by atoms with Crippen molar-refractivity contribution in [2.45, 2.75) is 18.9 Å². The third kappa shape index (κ3) is 5.60. The van der Waals surface area contributed by atoms with Gasteiger partial charge in [0.25, 0.3) is 0 Å². The van der Waals surface area contributed by atoms with E-state index in [1.54, 1.807) is 14.2 Å². The highest BCUT2D eigenvalue weighted by Gasteiger charge is 2.24. The van der Waals surface area contributed by atoms with Gasteiger partial charge in [-0.05, 0) is 29.8 Å². The number of halogens is 2. The summed E-state index contributed by atoms with van der Waals surface area (Å²) in [5.74, 6) is 1.65. The van der Waals surface area contributed by atoms with E-state index < -0.39 is 0 Å². The summed E-state index contributed by atoms with van der Waals surface area (Å²) in [6, 6.07) is 13.8. The zero-order valence-electron chi connectivity index (χ0n) is 15.8. The van der Waals surface area contributed by atoms with Crippen molar-refractivity contribution in [1.82, 2.24) is 10.6 Å². The molecule has 150 valence electrons. The molecule has 0 radical (unpaired) electrons. The monoisotopic (exact) mass is 558 g/mol. The molecule has 8 heteroatoms. The molecule has 3 N–H and O–H groups in total. The van der Waals surface area contributed by atoms with Crippen molar-refractivity contribution in [3.63, 3.8) is 0 Å². The topological polar surface area (TPSA) is 74.8 Å². The summed E-state index contributed by atoms with van der Waals surface area (Å²) in [5, 5.41) is 9.55. The fraction of sp³-hybridized carbons (Fsp3) is 0.300. The van der Waals surface area contributed by atoms with E-state index in [2.05, 4.69) is 42.9 Å². The van der Waals surface area contributed by atoms with Gasteiger partial charge >= 0.3 is 0 Å². The van der Waals surface area contributed by atoms with Gasteiger partial charge in [0, 0.05) is 48.2 Å². The molecule has 1 atom stereocenters. The highest BCUT2D eigenvalue weighted by atomic mass is 127. The zero-order chi connectivity index (χ0) is 19.2. The van der Waals surface area contributed by atoms with Crippen LogP contribution >= 0.6 is 39.9 Å². The number of anilines is 1. The summed E-state index contributed by atoms with van der Waals surface area (Å²) in [5.41, 5.74) is 3.06. The minimum absolute atomic E-state index is 0. The van der Waals surface area contributed by atoms with E-state index in [9.17, 15) is 4.79 Å². The Kier molecular flexibility index (Phi) is 8.56. The highest BCUT2D eigenvalue weighted by molar-refractivity contribution is 14.0. The van der Waals surface area contributed by atoms with Gasteiger partial charge in [-0.15, -0.1) is 24.0 Å². The first-order valence-corrected chi connectivity index (χ1v) is 9.55. The van der Waals surface area contributed by atoms with E-state index in [0.29, 0.717) is 25.5 Å². The summed E-state index contributed by atoms with van der Waals surface area (Å²) >= 11 is 3.49. The number of amides is 1. The van der Waals surface area contributed by atoms with Gasteiger partial charge in [-0.2, -0.15) is 0 Å². The second-order valence-electron chi connectivity index (χ2n) is 6.30. The Bertz CT molecular complexity index is 860. The smallest absolute Gasteiger partial charge is 0.225 e. The molecule has 1 amide bonds. The Hall–Kier alpha value is -1.81. The van der Waals surface area contributed by atoms with Crippen molar-refractivity contribution >= 4 is 57.5 Å². The average Bonchev–Trinajstić information content (AvgIpc) is 2.68. The van der Waals surface area contributed by atoms with Crippen LogP contribution in [0.3, 0.4) is 0 Å². The molecule has 3 rings (SSSR count). The summed E-state index contributed by atoms with van der Waals surface area (Å²) in [6.07, 6.45) is 0.459. The van der Waals surface area contributed by atoms with Gasteiger partial charge in [-0.1, -0.05) is 34.1 Å². The van der Waals surface area contributed by atoms with Crippen LogP contribution in [0.4, 0.5) is 5.69 Å². The Morgan fingerprint density at radius 2 is 2.07 bits per heavy atom. The van der Waals surface area contributed by atoms with Gasteiger partial charge in [0.15, 0.2) is 5.96 Å². The summed E-state index contributed by atoms with van der Waals surface area (Å²) < 4.78 is 6.40. The van der Waals surface area contributed by atoms with Crippen molar-refractivity contribution in [2.75, 3.05) is 26.0 Å². The fourth-order valence-corrected chi connectivity index (χ4v) is 3.60. The normalized spacial score (nSPS) is 15.8. The van der Waals surface area contributed by atoms with E-state index in [-0.39, 0.29) is 35.8 Å². The van der Waals surface area contributed by atoms with Gasteiger partial charge in [0.2, 0.25) is 5.91 Å². The zero-order valence-corrected chi connectivity index (χ0v) is 19.7. The second-order valence-corrected chi connectivity index (χ2v) is 7.21. The molecule has 2 aromatic rings. The predicted molar refractivity (Wildman–Crippen MR) is 127 cm³/mol. The number of rotatable bonds is 5. The first-order chi connectivity index (χ1) is 13.1. The molecule has 0 bridgehead atoms. The van der Waals surface area contributed by atoms with Crippen LogP contribution in [-0.4, -0.2) is 32.6 Å². The first kappa shape index (κ1) is 22.5. The number of nitrogens with one attached hydrogen (secondary N) is 3. The van der Waals surface area contributed by atoms with E-state index in [4.69, 9.17) is 4.74 Å². The van der Waals surface area contributed by atoms with Gasteiger partial charge in [-0.25, -0.2) is 0 Å². The van der Waals surface area contributed by atoms with E-state index in [1.165, 1.54) is 0 Å². The molecule has 1 unspecified atom stereocenters. The second kappa shape index (κ2) is 10.7. The lowest BCUT2D eigenvalue weighted by Crippen LogP contribution is -2.40. The SMILES string of the molecule is CN=C(NCc1cc(Br)ccc1OC)NCC1CC(=O)Nc2ccccc21.I. The molecule has 0 aliphatic carbocycles. The van der Waals surface area contributed by atoms with Crippen LogP contribution in [0.15, 0.2) is 51.9 Å². The minimum atomic E-state index is 0. The van der Waals surface area contributed by atoms with Crippen LogP contribution in [0, 0.1) is 0 Å². The number of methoxy groups -OCH3 is 1. The molecular formula is C20H24BrIN4O2. The average molecular weight is 559 g/mol. The van der Waals surface area contributed by atoms with Crippen molar-refractivity contribution in [3.8, 4) is 5.75 Å². The maximum Gasteiger partial charge on any atom is 0.225 e. The molecule has 1 aliphatic rings. The molecule has 0 saturated carbocycles.